The third-order valence-corrected chi connectivity index (χ3v) is 1.09. The molecule has 0 atom stereocenters. The molecule has 1 rings (SSSR count). The van der Waals surface area contributed by atoms with Gasteiger partial charge in [-0.3, -0.25) is 0 Å². The molecule has 0 aliphatic rings. The van der Waals surface area contributed by atoms with E-state index in [0.29, 0.717) is 5.92 Å². The van der Waals surface area contributed by atoms with Gasteiger partial charge in [0.15, 0.2) is 5.82 Å². The minimum absolute atomic E-state index is 0.587. The van der Waals surface area contributed by atoms with Gasteiger partial charge in [0.1, 0.15) is 6.20 Å². The number of rotatable bonds is 2. The Balaban J connectivity index is 2.59. The normalized spacial score (nSPS) is 10.3. The fourth-order valence-corrected chi connectivity index (χ4v) is 0.700. The van der Waals surface area contributed by atoms with Crippen molar-refractivity contribution >= 4 is 0 Å². The summed E-state index contributed by atoms with van der Waals surface area (Å²) in [4.78, 5) is 3.99. The molecule has 0 aliphatic heterocycles. The molecule has 3 nitrogen and oxygen atoms in total. The van der Waals surface area contributed by atoms with Gasteiger partial charge in [0.05, 0.1) is 6.20 Å². The Bertz CT molecular complexity index is 183. The van der Waals surface area contributed by atoms with Gasteiger partial charge in [-0.25, -0.2) is 4.98 Å². The van der Waals surface area contributed by atoms with E-state index < -0.39 is 0 Å². The van der Waals surface area contributed by atoms with Crippen molar-refractivity contribution in [3.05, 3.63) is 18.2 Å². The van der Waals surface area contributed by atoms with Crippen LogP contribution >= 0.6 is 0 Å². The highest BCUT2D eigenvalue weighted by atomic mass is 15.1. The number of nitrogens with zero attached hydrogens (tertiary/aromatic N) is 3. The average Bonchev–Trinajstić information content (AvgIpc) is 1.88. The van der Waals surface area contributed by atoms with Crippen LogP contribution in [0.4, 0.5) is 0 Å². The molecule has 0 aliphatic carbocycles. The van der Waals surface area contributed by atoms with Gasteiger partial charge in [0, 0.05) is 6.42 Å². The molecular formula is C7H10N3. The summed E-state index contributed by atoms with van der Waals surface area (Å²) >= 11 is 0. The van der Waals surface area contributed by atoms with Crippen LogP contribution in [0, 0.1) is 12.1 Å². The molecule has 0 N–H and O–H groups in total. The Morgan fingerprint density at radius 1 is 1.60 bits per heavy atom. The van der Waals surface area contributed by atoms with E-state index in [2.05, 4.69) is 35.2 Å². The summed E-state index contributed by atoms with van der Waals surface area (Å²) in [5, 5.41) is 7.40. The topological polar surface area (TPSA) is 38.7 Å². The predicted molar refractivity (Wildman–Crippen MR) is 37.2 cm³/mol. The maximum Gasteiger partial charge on any atom is 0.151 e. The van der Waals surface area contributed by atoms with Crippen LogP contribution in [0.1, 0.15) is 19.7 Å². The zero-order chi connectivity index (χ0) is 7.40. The first-order chi connectivity index (χ1) is 4.79. The largest absolute Gasteiger partial charge is 0.237 e. The van der Waals surface area contributed by atoms with E-state index in [1.807, 2.05) is 0 Å². The van der Waals surface area contributed by atoms with Crippen LogP contribution in [0.3, 0.4) is 0 Å². The Labute approximate surface area is 60.5 Å². The van der Waals surface area contributed by atoms with E-state index >= 15 is 0 Å². The molecule has 0 amide bonds. The molecule has 0 spiro atoms. The van der Waals surface area contributed by atoms with Crippen molar-refractivity contribution in [1.82, 2.24) is 15.2 Å². The maximum atomic E-state index is 3.99. The van der Waals surface area contributed by atoms with Crippen LogP contribution in [-0.2, 0) is 6.42 Å². The SMILES string of the molecule is CC(C)Cc1nc[c]nn1. The minimum Gasteiger partial charge on any atom is -0.237 e. The fourth-order valence-electron chi connectivity index (χ4n) is 0.700. The summed E-state index contributed by atoms with van der Waals surface area (Å²) in [6.45, 7) is 4.25. The van der Waals surface area contributed by atoms with E-state index in [1.165, 1.54) is 0 Å². The van der Waals surface area contributed by atoms with Gasteiger partial charge in [-0.2, -0.15) is 0 Å². The lowest BCUT2D eigenvalue weighted by Gasteiger charge is -1.99. The second-order valence-electron chi connectivity index (χ2n) is 2.60. The summed E-state index contributed by atoms with van der Waals surface area (Å²) < 4.78 is 0. The number of aromatic nitrogens is 3. The van der Waals surface area contributed by atoms with Gasteiger partial charge in [-0.05, 0) is 5.92 Å². The third-order valence-electron chi connectivity index (χ3n) is 1.09. The molecule has 0 fully saturated rings. The Morgan fingerprint density at radius 2 is 2.40 bits per heavy atom. The van der Waals surface area contributed by atoms with E-state index in [4.69, 9.17) is 0 Å². The van der Waals surface area contributed by atoms with Crippen molar-refractivity contribution < 1.29 is 0 Å². The van der Waals surface area contributed by atoms with E-state index in [9.17, 15) is 0 Å². The van der Waals surface area contributed by atoms with Crippen molar-refractivity contribution in [2.45, 2.75) is 20.3 Å². The number of hydrogen-bond acceptors (Lipinski definition) is 3. The van der Waals surface area contributed by atoms with E-state index in [1.54, 1.807) is 6.20 Å². The molecule has 53 valence electrons. The maximum absolute atomic E-state index is 3.99. The predicted octanol–water partition coefficient (Wildman–Crippen LogP) is 0.870. The van der Waals surface area contributed by atoms with Gasteiger partial charge in [0.2, 0.25) is 0 Å². The lowest BCUT2D eigenvalue weighted by Crippen LogP contribution is -2.00. The highest BCUT2D eigenvalue weighted by Gasteiger charge is 1.98. The molecule has 0 aromatic carbocycles. The van der Waals surface area contributed by atoms with Crippen LogP contribution in [-0.4, -0.2) is 15.2 Å². The van der Waals surface area contributed by atoms with Crippen LogP contribution < -0.4 is 0 Å². The Morgan fingerprint density at radius 3 is 2.90 bits per heavy atom. The lowest BCUT2D eigenvalue weighted by atomic mass is 10.1. The first-order valence-electron chi connectivity index (χ1n) is 3.33. The summed E-state index contributed by atoms with van der Waals surface area (Å²) in [6.07, 6.45) is 4.97. The van der Waals surface area contributed by atoms with Gasteiger partial charge < -0.3 is 0 Å². The van der Waals surface area contributed by atoms with Gasteiger partial charge in [0.25, 0.3) is 0 Å². The summed E-state index contributed by atoms with van der Waals surface area (Å²) in [7, 11) is 0. The zero-order valence-corrected chi connectivity index (χ0v) is 6.20. The van der Waals surface area contributed by atoms with Crippen LogP contribution in [0.2, 0.25) is 0 Å². The first kappa shape index (κ1) is 7.12. The van der Waals surface area contributed by atoms with E-state index in [0.717, 1.165) is 12.2 Å². The molecule has 0 saturated carbocycles. The highest BCUT2D eigenvalue weighted by molar-refractivity contribution is 4.81. The zero-order valence-electron chi connectivity index (χ0n) is 6.20. The molecule has 1 aromatic heterocycles. The molecule has 0 unspecified atom stereocenters. The van der Waals surface area contributed by atoms with Gasteiger partial charge in [-0.15, -0.1) is 10.2 Å². The molecule has 10 heavy (non-hydrogen) atoms. The van der Waals surface area contributed by atoms with Crippen LogP contribution in [0.15, 0.2) is 6.20 Å². The summed E-state index contributed by atoms with van der Waals surface area (Å²) in [5.74, 6) is 1.39. The fraction of sp³-hybridized carbons (Fsp3) is 0.571. The molecule has 1 radical (unpaired) electrons. The summed E-state index contributed by atoms with van der Waals surface area (Å²) in [5.41, 5.74) is 0. The van der Waals surface area contributed by atoms with Crippen molar-refractivity contribution in [3.63, 3.8) is 0 Å². The highest BCUT2D eigenvalue weighted by Crippen LogP contribution is 1.98. The monoisotopic (exact) mass is 136 g/mol. The van der Waals surface area contributed by atoms with Crippen molar-refractivity contribution in [2.75, 3.05) is 0 Å². The minimum atomic E-state index is 0.587. The molecule has 3 heteroatoms. The molecular weight excluding hydrogens is 126 g/mol. The third kappa shape index (κ3) is 2.09. The summed E-state index contributed by atoms with van der Waals surface area (Å²) in [6, 6.07) is 0. The second-order valence-corrected chi connectivity index (χ2v) is 2.60. The van der Waals surface area contributed by atoms with Gasteiger partial charge in [-0.1, -0.05) is 13.8 Å². The standard InChI is InChI=1S/C7H10N3/c1-6(2)5-7-8-3-4-9-10-7/h3,6H,5H2,1-2H3. The quantitative estimate of drug-likeness (QED) is 0.605. The molecule has 1 heterocycles. The lowest BCUT2D eigenvalue weighted by molar-refractivity contribution is 0.610. The molecule has 0 saturated heterocycles. The van der Waals surface area contributed by atoms with Crippen molar-refractivity contribution in [1.29, 1.82) is 0 Å². The van der Waals surface area contributed by atoms with Crippen molar-refractivity contribution in [2.24, 2.45) is 5.92 Å². The van der Waals surface area contributed by atoms with Crippen LogP contribution in [0.25, 0.3) is 0 Å². The molecule has 1 aromatic rings. The Kier molecular flexibility index (Phi) is 2.31. The van der Waals surface area contributed by atoms with Crippen LogP contribution in [0.5, 0.6) is 0 Å². The van der Waals surface area contributed by atoms with E-state index in [-0.39, 0.29) is 0 Å². The average molecular weight is 136 g/mol. The number of hydrogen-bond donors (Lipinski definition) is 0. The first-order valence-corrected chi connectivity index (χ1v) is 3.33. The second kappa shape index (κ2) is 3.25. The van der Waals surface area contributed by atoms with Crippen molar-refractivity contribution in [3.8, 4) is 0 Å². The Hall–Kier alpha value is -0.990. The van der Waals surface area contributed by atoms with Gasteiger partial charge >= 0.3 is 0 Å². The smallest absolute Gasteiger partial charge is 0.151 e. The molecule has 0 bridgehead atoms.